The van der Waals surface area contributed by atoms with Crippen LogP contribution in [0.4, 0.5) is 0 Å². The molecule has 0 bridgehead atoms. The van der Waals surface area contributed by atoms with Crippen molar-refractivity contribution in [2.45, 2.75) is 53.8 Å². The molecule has 5 nitrogen and oxygen atoms in total. The molecule has 0 heterocycles. The number of nitrogens with zero attached hydrogens (tertiary/aromatic N) is 1. The van der Waals surface area contributed by atoms with Crippen LogP contribution in [0.3, 0.4) is 0 Å². The molecule has 0 fully saturated rings. The molecule has 0 atom stereocenters. The highest BCUT2D eigenvalue weighted by molar-refractivity contribution is 6.21. The van der Waals surface area contributed by atoms with Crippen LogP contribution in [0.5, 0.6) is 5.75 Å². The highest BCUT2D eigenvalue weighted by atomic mass is 16.7. The van der Waals surface area contributed by atoms with Gasteiger partial charge in [-0.2, -0.15) is 0 Å². The molecular weight excluding hydrogens is 316 g/mol. The van der Waals surface area contributed by atoms with E-state index in [-0.39, 0.29) is 12.2 Å². The highest BCUT2D eigenvalue weighted by Crippen LogP contribution is 2.27. The van der Waals surface area contributed by atoms with Crippen molar-refractivity contribution < 1.29 is 14.2 Å². The third kappa shape index (κ3) is 6.00. The van der Waals surface area contributed by atoms with E-state index in [1.54, 1.807) is 7.11 Å². The first-order valence-corrected chi connectivity index (χ1v) is 8.89. The van der Waals surface area contributed by atoms with Gasteiger partial charge in [-0.05, 0) is 59.2 Å². The number of ether oxygens (including phenoxy) is 3. The summed E-state index contributed by atoms with van der Waals surface area (Å²) in [5.74, 6) is 1.56. The zero-order chi connectivity index (χ0) is 19.0. The number of rotatable bonds is 9. The predicted octanol–water partition coefficient (Wildman–Crippen LogP) is 4.53. The minimum absolute atomic E-state index is 0.0495. The lowest BCUT2D eigenvalue weighted by Gasteiger charge is -2.27. The second-order valence-electron chi connectivity index (χ2n) is 6.25. The van der Waals surface area contributed by atoms with Crippen molar-refractivity contribution in [1.29, 1.82) is 5.41 Å². The fourth-order valence-corrected chi connectivity index (χ4v) is 2.38. The molecule has 0 aromatic heterocycles. The molecule has 0 radical (unpaired) electrons. The first kappa shape index (κ1) is 20.9. The smallest absolute Gasteiger partial charge is 0.291 e. The average molecular weight is 348 g/mol. The molecule has 0 unspecified atom stereocenters. The Bertz CT molecular complexity index is 561. The fraction of sp³-hybridized carbons (Fsp3) is 0.550. The van der Waals surface area contributed by atoms with Crippen LogP contribution in [0.1, 0.15) is 47.1 Å². The average Bonchev–Trinajstić information content (AvgIpc) is 2.55. The maximum Gasteiger partial charge on any atom is 0.291 e. The van der Waals surface area contributed by atoms with Gasteiger partial charge in [0.15, 0.2) is 0 Å². The Morgan fingerprint density at radius 2 is 1.44 bits per heavy atom. The van der Waals surface area contributed by atoms with Gasteiger partial charge in [0.2, 0.25) is 0 Å². The molecule has 1 aromatic rings. The van der Waals surface area contributed by atoms with E-state index in [0.717, 1.165) is 24.4 Å². The van der Waals surface area contributed by atoms with E-state index < -0.39 is 0 Å². The number of hydrogen-bond acceptors (Lipinski definition) is 4. The van der Waals surface area contributed by atoms with Crippen molar-refractivity contribution in [2.24, 2.45) is 0 Å². The van der Waals surface area contributed by atoms with Gasteiger partial charge in [0, 0.05) is 13.1 Å². The Labute approximate surface area is 152 Å². The molecule has 25 heavy (non-hydrogen) atoms. The predicted molar refractivity (Wildman–Crippen MR) is 103 cm³/mol. The molecule has 1 rings (SSSR count). The molecule has 0 aliphatic rings. The maximum atomic E-state index is 8.73. The van der Waals surface area contributed by atoms with Crippen LogP contribution < -0.4 is 4.74 Å². The van der Waals surface area contributed by atoms with Crippen LogP contribution in [-0.2, 0) is 9.47 Å². The minimum atomic E-state index is -0.0495. The summed E-state index contributed by atoms with van der Waals surface area (Å²) >= 11 is 0. The summed E-state index contributed by atoms with van der Waals surface area (Å²) in [7, 11) is 1.64. The lowest BCUT2D eigenvalue weighted by Crippen LogP contribution is -2.32. The molecule has 0 aliphatic carbocycles. The van der Waals surface area contributed by atoms with Crippen LogP contribution in [0.15, 0.2) is 30.2 Å². The third-order valence-corrected chi connectivity index (χ3v) is 3.58. The lowest BCUT2D eigenvalue weighted by molar-refractivity contribution is -0.0148. The van der Waals surface area contributed by atoms with Gasteiger partial charge in [0.05, 0.1) is 19.3 Å². The Kier molecular flexibility index (Phi) is 8.32. The van der Waals surface area contributed by atoms with Crippen molar-refractivity contribution in [3.8, 4) is 5.75 Å². The van der Waals surface area contributed by atoms with Crippen molar-refractivity contribution >= 4 is 11.4 Å². The summed E-state index contributed by atoms with van der Waals surface area (Å²) in [6.45, 7) is 13.4. The monoisotopic (exact) mass is 348 g/mol. The zero-order valence-corrected chi connectivity index (χ0v) is 16.6. The van der Waals surface area contributed by atoms with Crippen molar-refractivity contribution in [3.63, 3.8) is 0 Å². The zero-order valence-electron chi connectivity index (χ0n) is 16.6. The maximum absolute atomic E-state index is 8.73. The molecular formula is C20H32N2O3. The van der Waals surface area contributed by atoms with Crippen LogP contribution >= 0.6 is 0 Å². The normalized spacial score (nSPS) is 10.6. The molecule has 0 amide bonds. The number of likely N-dealkylation sites (N-methyl/N-ethyl adjacent to an activating group) is 1. The van der Waals surface area contributed by atoms with E-state index in [0.29, 0.717) is 17.4 Å². The minimum Gasteiger partial charge on any atom is -0.497 e. The number of nitrogens with one attached hydrogen (secondary N) is 1. The van der Waals surface area contributed by atoms with Crippen molar-refractivity contribution in [1.82, 2.24) is 4.90 Å². The first-order valence-electron chi connectivity index (χ1n) is 8.89. The van der Waals surface area contributed by atoms with Gasteiger partial charge in [0.1, 0.15) is 17.2 Å². The number of hydrogen-bond donors (Lipinski definition) is 1. The summed E-state index contributed by atoms with van der Waals surface area (Å²) in [6.07, 6.45) is -0.0991. The second-order valence-corrected chi connectivity index (χ2v) is 6.25. The van der Waals surface area contributed by atoms with E-state index in [1.165, 1.54) is 0 Å². The van der Waals surface area contributed by atoms with E-state index >= 15 is 0 Å². The summed E-state index contributed by atoms with van der Waals surface area (Å²) in [4.78, 5) is 1.98. The van der Waals surface area contributed by atoms with Crippen molar-refractivity contribution in [3.05, 3.63) is 35.8 Å². The van der Waals surface area contributed by atoms with Gasteiger partial charge in [-0.1, -0.05) is 12.1 Å². The molecule has 1 aromatic carbocycles. The van der Waals surface area contributed by atoms with E-state index in [2.05, 4.69) is 0 Å². The Morgan fingerprint density at radius 1 is 0.960 bits per heavy atom. The summed E-state index contributed by atoms with van der Waals surface area (Å²) < 4.78 is 17.2. The van der Waals surface area contributed by atoms with Gasteiger partial charge >= 0.3 is 0 Å². The Hall–Kier alpha value is -2.17. The number of benzene rings is 1. The fourth-order valence-electron chi connectivity index (χ4n) is 2.38. The molecule has 5 heteroatoms. The van der Waals surface area contributed by atoms with Gasteiger partial charge in [-0.15, -0.1) is 0 Å². The topological polar surface area (TPSA) is 54.8 Å². The summed E-state index contributed by atoms with van der Waals surface area (Å²) in [5, 5.41) is 8.73. The molecule has 140 valence electrons. The molecule has 0 spiro atoms. The molecule has 0 saturated carbocycles. The molecule has 0 aliphatic heterocycles. The van der Waals surface area contributed by atoms with E-state index in [4.69, 9.17) is 19.6 Å². The lowest BCUT2D eigenvalue weighted by atomic mass is 10.0. The third-order valence-electron chi connectivity index (χ3n) is 3.58. The summed E-state index contributed by atoms with van der Waals surface area (Å²) in [6, 6.07) is 7.62. The Balaban J connectivity index is 3.50. The van der Waals surface area contributed by atoms with Gasteiger partial charge in [0.25, 0.3) is 5.95 Å². The van der Waals surface area contributed by atoms with E-state index in [1.807, 2.05) is 70.7 Å². The largest absolute Gasteiger partial charge is 0.497 e. The molecule has 0 saturated heterocycles. The quantitative estimate of drug-likeness (QED) is 0.405. The van der Waals surface area contributed by atoms with E-state index in [9.17, 15) is 0 Å². The van der Waals surface area contributed by atoms with Crippen LogP contribution in [0.25, 0.3) is 5.57 Å². The summed E-state index contributed by atoms with van der Waals surface area (Å²) in [5.41, 5.74) is 1.53. The first-order chi connectivity index (χ1) is 11.8. The van der Waals surface area contributed by atoms with Gasteiger partial charge < -0.3 is 19.1 Å². The SMILES string of the molecule is CCN(CC)C(=N)C(=C(OC(C)C)OC(C)C)c1ccc(OC)cc1. The molecule has 1 N–H and O–H groups in total. The van der Waals surface area contributed by atoms with Crippen molar-refractivity contribution in [2.75, 3.05) is 20.2 Å². The van der Waals surface area contributed by atoms with Crippen LogP contribution in [0, 0.1) is 5.41 Å². The highest BCUT2D eigenvalue weighted by Gasteiger charge is 2.23. The second kappa shape index (κ2) is 9.97. The number of amidine groups is 1. The number of methoxy groups -OCH3 is 1. The standard InChI is InChI=1S/C20H32N2O3/c1-8-22(9-2)19(21)18(16-10-12-17(23-7)13-11-16)20(24-14(3)4)25-15(5)6/h10-15,21H,8-9H2,1-7H3. The Morgan fingerprint density at radius 3 is 1.80 bits per heavy atom. The van der Waals surface area contributed by atoms with Crippen LogP contribution in [-0.4, -0.2) is 43.1 Å². The van der Waals surface area contributed by atoms with Gasteiger partial charge in [-0.3, -0.25) is 5.41 Å². The van der Waals surface area contributed by atoms with Crippen LogP contribution in [0.2, 0.25) is 0 Å². The van der Waals surface area contributed by atoms with Gasteiger partial charge in [-0.25, -0.2) is 0 Å².